The van der Waals surface area contributed by atoms with Crippen LogP contribution in [-0.4, -0.2) is 15.9 Å². The van der Waals surface area contributed by atoms with Crippen LogP contribution < -0.4 is 5.32 Å². The number of rotatable bonds is 2. The number of halogens is 2. The summed E-state index contributed by atoms with van der Waals surface area (Å²) in [7, 11) is 0. The molecule has 0 saturated carbocycles. The van der Waals surface area contributed by atoms with Gasteiger partial charge in [-0.15, -0.1) is 0 Å². The van der Waals surface area contributed by atoms with E-state index in [1.165, 1.54) is 18.6 Å². The lowest BCUT2D eigenvalue weighted by atomic mass is 10.2. The van der Waals surface area contributed by atoms with Gasteiger partial charge < -0.3 is 5.32 Å². The van der Waals surface area contributed by atoms with Gasteiger partial charge >= 0.3 is 0 Å². The topological polar surface area (TPSA) is 54.9 Å². The van der Waals surface area contributed by atoms with E-state index in [1.807, 2.05) is 0 Å². The van der Waals surface area contributed by atoms with Crippen LogP contribution in [0.3, 0.4) is 0 Å². The fraction of sp³-hybridized carbons (Fsp3) is 0. The highest BCUT2D eigenvalue weighted by Gasteiger charge is 2.10. The predicted molar refractivity (Wildman–Crippen MR) is 66.4 cm³/mol. The van der Waals surface area contributed by atoms with Crippen LogP contribution >= 0.6 is 23.2 Å². The summed E-state index contributed by atoms with van der Waals surface area (Å²) in [6.07, 6.45) is 4.36. The molecule has 2 heterocycles. The van der Waals surface area contributed by atoms with Gasteiger partial charge in [0.2, 0.25) is 0 Å². The van der Waals surface area contributed by atoms with Crippen molar-refractivity contribution in [3.8, 4) is 0 Å². The lowest BCUT2D eigenvalue weighted by Crippen LogP contribution is -2.13. The van der Waals surface area contributed by atoms with Gasteiger partial charge in [0, 0.05) is 18.6 Å². The average Bonchev–Trinajstić information content (AvgIpc) is 2.32. The molecule has 1 amide bonds. The van der Waals surface area contributed by atoms with Crippen molar-refractivity contribution in [3.63, 3.8) is 0 Å². The molecule has 2 aromatic heterocycles. The number of anilines is 1. The van der Waals surface area contributed by atoms with E-state index in [-0.39, 0.29) is 5.91 Å². The van der Waals surface area contributed by atoms with Crippen molar-refractivity contribution < 1.29 is 4.79 Å². The summed E-state index contributed by atoms with van der Waals surface area (Å²) in [4.78, 5) is 19.6. The van der Waals surface area contributed by atoms with Crippen LogP contribution in [0, 0.1) is 0 Å². The summed E-state index contributed by atoms with van der Waals surface area (Å²) >= 11 is 11.6. The summed E-state index contributed by atoms with van der Waals surface area (Å²) in [5, 5.41) is 3.43. The number of hydrogen-bond donors (Lipinski definition) is 1. The van der Waals surface area contributed by atoms with E-state index in [0.29, 0.717) is 21.4 Å². The van der Waals surface area contributed by atoms with Gasteiger partial charge in [-0.1, -0.05) is 23.2 Å². The highest BCUT2D eigenvalue weighted by molar-refractivity contribution is 6.34. The molecule has 0 unspecified atom stereocenters. The third kappa shape index (κ3) is 2.93. The molecule has 2 rings (SSSR count). The van der Waals surface area contributed by atoms with Crippen LogP contribution in [0.15, 0.2) is 36.8 Å². The summed E-state index contributed by atoms with van der Waals surface area (Å²) in [5.41, 5.74) is 0.297. The second-order valence-electron chi connectivity index (χ2n) is 3.17. The van der Waals surface area contributed by atoms with Gasteiger partial charge in [-0.3, -0.25) is 9.78 Å². The van der Waals surface area contributed by atoms with Crippen LogP contribution in [-0.2, 0) is 0 Å². The van der Waals surface area contributed by atoms with E-state index < -0.39 is 0 Å². The van der Waals surface area contributed by atoms with Gasteiger partial charge in [0.15, 0.2) is 0 Å². The van der Waals surface area contributed by atoms with Gasteiger partial charge in [-0.2, -0.15) is 0 Å². The van der Waals surface area contributed by atoms with Gasteiger partial charge in [0.25, 0.3) is 5.91 Å². The van der Waals surface area contributed by atoms with E-state index in [9.17, 15) is 4.79 Å². The van der Waals surface area contributed by atoms with Crippen LogP contribution in [0.4, 0.5) is 5.82 Å². The maximum Gasteiger partial charge on any atom is 0.259 e. The lowest BCUT2D eigenvalue weighted by molar-refractivity contribution is 0.102. The molecule has 0 fully saturated rings. The average molecular weight is 268 g/mol. The number of hydrogen-bond acceptors (Lipinski definition) is 3. The second-order valence-corrected chi connectivity index (χ2v) is 4.01. The first-order chi connectivity index (χ1) is 8.16. The zero-order valence-electron chi connectivity index (χ0n) is 8.52. The summed E-state index contributed by atoms with van der Waals surface area (Å²) in [5.74, 6) is 0.0391. The van der Waals surface area contributed by atoms with Crippen molar-refractivity contribution >= 4 is 34.9 Å². The number of carbonyl (C=O) groups is 1. The Morgan fingerprint density at radius 3 is 2.65 bits per heavy atom. The third-order valence-corrected chi connectivity index (χ3v) is 2.53. The minimum atomic E-state index is -0.363. The monoisotopic (exact) mass is 267 g/mol. The van der Waals surface area contributed by atoms with Crippen molar-refractivity contribution in [2.75, 3.05) is 5.32 Å². The molecule has 0 bridgehead atoms. The van der Waals surface area contributed by atoms with Gasteiger partial charge in [0.1, 0.15) is 5.82 Å². The number of nitrogens with one attached hydrogen (secondary N) is 1. The molecule has 0 aromatic carbocycles. The van der Waals surface area contributed by atoms with Crippen molar-refractivity contribution in [1.29, 1.82) is 0 Å². The smallest absolute Gasteiger partial charge is 0.259 e. The van der Waals surface area contributed by atoms with Crippen molar-refractivity contribution in [2.45, 2.75) is 0 Å². The summed E-state index contributed by atoms with van der Waals surface area (Å²) in [6, 6.07) is 4.78. The van der Waals surface area contributed by atoms with Gasteiger partial charge in [0.05, 0.1) is 15.6 Å². The first-order valence-electron chi connectivity index (χ1n) is 4.69. The lowest BCUT2D eigenvalue weighted by Gasteiger charge is -2.05. The summed E-state index contributed by atoms with van der Waals surface area (Å²) in [6.45, 7) is 0. The van der Waals surface area contributed by atoms with E-state index in [2.05, 4.69) is 15.3 Å². The Hall–Kier alpha value is -1.65. The maximum absolute atomic E-state index is 11.8. The van der Waals surface area contributed by atoms with Crippen molar-refractivity contribution in [2.24, 2.45) is 0 Å². The highest BCUT2D eigenvalue weighted by Crippen LogP contribution is 2.16. The van der Waals surface area contributed by atoms with Gasteiger partial charge in [-0.05, 0) is 18.2 Å². The first kappa shape index (κ1) is 11.8. The Kier molecular flexibility index (Phi) is 3.56. The SMILES string of the molecule is O=C(Nc1ccc(Cl)cn1)c1cnccc1Cl. The molecule has 0 aliphatic rings. The Bertz CT molecular complexity index is 543. The molecule has 0 aliphatic heterocycles. The van der Waals surface area contributed by atoms with E-state index in [1.54, 1.807) is 18.2 Å². The molecule has 1 N–H and O–H groups in total. The second kappa shape index (κ2) is 5.12. The zero-order valence-corrected chi connectivity index (χ0v) is 10.0. The van der Waals surface area contributed by atoms with E-state index in [0.717, 1.165) is 0 Å². The molecule has 0 spiro atoms. The summed E-state index contributed by atoms with van der Waals surface area (Å²) < 4.78 is 0. The fourth-order valence-corrected chi connectivity index (χ4v) is 1.48. The molecule has 86 valence electrons. The Labute approximate surface area is 108 Å². The molecule has 0 aliphatic carbocycles. The molecule has 0 radical (unpaired) electrons. The number of aromatic nitrogens is 2. The molecule has 2 aromatic rings. The molecular weight excluding hydrogens is 261 g/mol. The quantitative estimate of drug-likeness (QED) is 0.910. The fourth-order valence-electron chi connectivity index (χ4n) is 1.18. The van der Waals surface area contributed by atoms with Crippen LogP contribution in [0.2, 0.25) is 10.0 Å². The normalized spacial score (nSPS) is 10.0. The number of nitrogens with zero attached hydrogens (tertiary/aromatic N) is 2. The minimum Gasteiger partial charge on any atom is -0.306 e. The van der Waals surface area contributed by atoms with Crippen molar-refractivity contribution in [3.05, 3.63) is 52.4 Å². The van der Waals surface area contributed by atoms with E-state index in [4.69, 9.17) is 23.2 Å². The van der Waals surface area contributed by atoms with Crippen LogP contribution in [0.5, 0.6) is 0 Å². The Morgan fingerprint density at radius 2 is 2.00 bits per heavy atom. The molecule has 0 saturated heterocycles. The number of amides is 1. The van der Waals surface area contributed by atoms with Gasteiger partial charge in [-0.25, -0.2) is 4.98 Å². The molecule has 4 nitrogen and oxygen atoms in total. The first-order valence-corrected chi connectivity index (χ1v) is 5.45. The number of pyridine rings is 2. The third-order valence-electron chi connectivity index (χ3n) is 1.98. The van der Waals surface area contributed by atoms with E-state index >= 15 is 0 Å². The highest BCUT2D eigenvalue weighted by atomic mass is 35.5. The standard InChI is InChI=1S/C11H7Cl2N3O/c12-7-1-2-10(15-5-7)16-11(17)8-6-14-4-3-9(8)13/h1-6H,(H,15,16,17). The molecule has 0 atom stereocenters. The molecular formula is C11H7Cl2N3O. The van der Waals surface area contributed by atoms with Crippen LogP contribution in [0.1, 0.15) is 10.4 Å². The number of carbonyl (C=O) groups excluding carboxylic acids is 1. The maximum atomic E-state index is 11.8. The molecule has 17 heavy (non-hydrogen) atoms. The predicted octanol–water partition coefficient (Wildman–Crippen LogP) is 3.04. The minimum absolute atomic E-state index is 0.297. The zero-order chi connectivity index (χ0) is 12.3. The largest absolute Gasteiger partial charge is 0.306 e. The van der Waals surface area contributed by atoms with Crippen LogP contribution in [0.25, 0.3) is 0 Å². The Balaban J connectivity index is 2.17. The Morgan fingerprint density at radius 1 is 1.18 bits per heavy atom. The molecule has 6 heteroatoms. The van der Waals surface area contributed by atoms with Crippen molar-refractivity contribution in [1.82, 2.24) is 9.97 Å².